The zero-order valence-electron chi connectivity index (χ0n) is 12.2. The number of nitrogens with zero attached hydrogens (tertiary/aromatic N) is 1. The van der Waals surface area contributed by atoms with Gasteiger partial charge >= 0.3 is 5.97 Å². The zero-order chi connectivity index (χ0) is 15.1. The summed E-state index contributed by atoms with van der Waals surface area (Å²) >= 11 is 0. The fourth-order valence-corrected chi connectivity index (χ4v) is 5.78. The number of hydrogen-bond acceptors (Lipinski definition) is 4. The van der Waals surface area contributed by atoms with Crippen LogP contribution in [0.2, 0.25) is 0 Å². The Morgan fingerprint density at radius 3 is 2.81 bits per heavy atom. The van der Waals surface area contributed by atoms with Crippen LogP contribution in [0.4, 0.5) is 0 Å². The molecular formula is C14H23NO5S. The first kappa shape index (κ1) is 15.2. The number of carbonyl (C=O) groups is 1. The fourth-order valence-electron chi connectivity index (χ4n) is 4.06. The summed E-state index contributed by atoms with van der Waals surface area (Å²) < 4.78 is 31.7. The van der Waals surface area contributed by atoms with Crippen molar-refractivity contribution in [2.45, 2.75) is 32.1 Å². The van der Waals surface area contributed by atoms with E-state index >= 15 is 0 Å². The van der Waals surface area contributed by atoms with Gasteiger partial charge in [-0.3, -0.25) is 4.79 Å². The van der Waals surface area contributed by atoms with Crippen molar-refractivity contribution in [3.05, 3.63) is 0 Å². The van der Waals surface area contributed by atoms with Gasteiger partial charge in [-0.25, -0.2) is 12.7 Å². The molecule has 0 spiro atoms. The molecule has 1 saturated carbocycles. The Balaban J connectivity index is 1.65. The van der Waals surface area contributed by atoms with Crippen LogP contribution < -0.4 is 0 Å². The van der Waals surface area contributed by atoms with Gasteiger partial charge in [0, 0.05) is 26.3 Å². The summed E-state index contributed by atoms with van der Waals surface area (Å²) in [5.41, 5.74) is -0.830. The zero-order valence-corrected chi connectivity index (χ0v) is 13.0. The highest BCUT2D eigenvalue weighted by atomic mass is 32.2. The number of aliphatic carboxylic acids is 1. The van der Waals surface area contributed by atoms with Gasteiger partial charge in [-0.1, -0.05) is 6.42 Å². The molecule has 3 aliphatic rings. The van der Waals surface area contributed by atoms with Crippen molar-refractivity contribution < 1.29 is 23.1 Å². The first-order valence-electron chi connectivity index (χ1n) is 7.73. The lowest BCUT2D eigenvalue weighted by molar-refractivity contribution is -0.149. The normalized spacial score (nSPS) is 37.0. The maximum absolute atomic E-state index is 12.5. The monoisotopic (exact) mass is 317 g/mol. The molecule has 120 valence electrons. The third-order valence-corrected chi connectivity index (χ3v) is 7.28. The molecule has 7 heteroatoms. The van der Waals surface area contributed by atoms with Crippen LogP contribution in [-0.2, 0) is 19.6 Å². The van der Waals surface area contributed by atoms with Crippen LogP contribution in [0.3, 0.4) is 0 Å². The number of carboxylic acid groups (broad SMARTS) is 1. The van der Waals surface area contributed by atoms with Crippen molar-refractivity contribution in [2.24, 2.45) is 17.3 Å². The van der Waals surface area contributed by atoms with Crippen LogP contribution in [0.15, 0.2) is 0 Å². The Morgan fingerprint density at radius 1 is 1.38 bits per heavy atom. The van der Waals surface area contributed by atoms with Gasteiger partial charge in [0.05, 0.1) is 11.2 Å². The lowest BCUT2D eigenvalue weighted by Gasteiger charge is -2.23. The van der Waals surface area contributed by atoms with Gasteiger partial charge in [-0.05, 0) is 37.5 Å². The lowest BCUT2D eigenvalue weighted by Crippen LogP contribution is -2.38. The summed E-state index contributed by atoms with van der Waals surface area (Å²) in [6, 6.07) is 0. The summed E-state index contributed by atoms with van der Waals surface area (Å²) in [5.74, 6) is -0.398. The van der Waals surface area contributed by atoms with E-state index in [1.54, 1.807) is 0 Å². The van der Waals surface area contributed by atoms with Crippen LogP contribution in [0.25, 0.3) is 0 Å². The average Bonchev–Trinajstić information content (AvgIpc) is 3.11. The highest BCUT2D eigenvalue weighted by Gasteiger charge is 2.56. The van der Waals surface area contributed by atoms with Gasteiger partial charge in [0.15, 0.2) is 0 Å². The molecule has 0 radical (unpaired) electrons. The highest BCUT2D eigenvalue weighted by molar-refractivity contribution is 7.89. The van der Waals surface area contributed by atoms with E-state index in [2.05, 4.69) is 0 Å². The number of fused-ring (bicyclic) bond motifs is 1. The molecule has 2 aliphatic heterocycles. The average molecular weight is 317 g/mol. The topological polar surface area (TPSA) is 83.9 Å². The lowest BCUT2D eigenvalue weighted by atomic mass is 9.81. The third kappa shape index (κ3) is 2.71. The molecule has 21 heavy (non-hydrogen) atoms. The number of sulfonamides is 1. The molecule has 6 nitrogen and oxygen atoms in total. The molecular weight excluding hydrogens is 294 g/mol. The molecule has 2 saturated heterocycles. The van der Waals surface area contributed by atoms with Gasteiger partial charge < -0.3 is 9.84 Å². The second-order valence-electron chi connectivity index (χ2n) is 6.68. The van der Waals surface area contributed by atoms with Crippen LogP contribution in [0.5, 0.6) is 0 Å². The van der Waals surface area contributed by atoms with Gasteiger partial charge in [0.2, 0.25) is 10.0 Å². The standard InChI is InChI=1S/C14H23NO5S/c16-13(17)14-5-1-2-12(14)8-15(10-14)21(18,19)7-4-11-3-6-20-9-11/h11-12H,1-10H2,(H,16,17)/t11?,12-,14+/m0/s1. The Hall–Kier alpha value is -0.660. The van der Waals surface area contributed by atoms with Gasteiger partial charge in [0.25, 0.3) is 0 Å². The van der Waals surface area contributed by atoms with Crippen molar-refractivity contribution in [3.63, 3.8) is 0 Å². The van der Waals surface area contributed by atoms with Crippen LogP contribution in [-0.4, -0.2) is 55.9 Å². The molecule has 0 amide bonds. The minimum absolute atomic E-state index is 0.0143. The van der Waals surface area contributed by atoms with E-state index in [-0.39, 0.29) is 18.2 Å². The number of rotatable bonds is 5. The van der Waals surface area contributed by atoms with Crippen molar-refractivity contribution in [1.29, 1.82) is 0 Å². The molecule has 2 heterocycles. The second-order valence-corrected chi connectivity index (χ2v) is 8.77. The summed E-state index contributed by atoms with van der Waals surface area (Å²) in [5, 5.41) is 9.52. The smallest absolute Gasteiger partial charge is 0.311 e. The van der Waals surface area contributed by atoms with E-state index in [4.69, 9.17) is 4.74 Å². The van der Waals surface area contributed by atoms with Crippen molar-refractivity contribution in [1.82, 2.24) is 4.31 Å². The van der Waals surface area contributed by atoms with Crippen molar-refractivity contribution in [2.75, 3.05) is 32.1 Å². The molecule has 3 rings (SSSR count). The molecule has 1 N–H and O–H groups in total. The molecule has 0 aromatic carbocycles. The maximum Gasteiger partial charge on any atom is 0.311 e. The van der Waals surface area contributed by atoms with Crippen molar-refractivity contribution >= 4 is 16.0 Å². The minimum atomic E-state index is -3.35. The van der Waals surface area contributed by atoms with Crippen LogP contribution in [0, 0.1) is 17.3 Å². The molecule has 1 aliphatic carbocycles. The van der Waals surface area contributed by atoms with Gasteiger partial charge in [0.1, 0.15) is 0 Å². The first-order chi connectivity index (χ1) is 9.94. The highest BCUT2D eigenvalue weighted by Crippen LogP contribution is 2.49. The Morgan fingerprint density at radius 2 is 2.19 bits per heavy atom. The van der Waals surface area contributed by atoms with E-state index in [9.17, 15) is 18.3 Å². The maximum atomic E-state index is 12.5. The van der Waals surface area contributed by atoms with E-state index in [0.29, 0.717) is 31.9 Å². The SMILES string of the molecule is O=C(O)[C@@]12CCC[C@H]1CN(S(=O)(=O)CCC1CCOC1)C2. The Kier molecular flexibility index (Phi) is 4.00. The first-order valence-corrected chi connectivity index (χ1v) is 9.34. The summed E-state index contributed by atoms with van der Waals surface area (Å²) in [6.07, 6.45) is 3.87. The number of ether oxygens (including phenoxy) is 1. The molecule has 0 aromatic heterocycles. The molecule has 0 bridgehead atoms. The number of hydrogen-bond donors (Lipinski definition) is 1. The minimum Gasteiger partial charge on any atom is -0.481 e. The predicted molar refractivity (Wildman–Crippen MR) is 76.3 cm³/mol. The van der Waals surface area contributed by atoms with Gasteiger partial charge in [-0.2, -0.15) is 0 Å². The molecule has 1 unspecified atom stereocenters. The number of carboxylic acids is 1. The summed E-state index contributed by atoms with van der Waals surface area (Å²) in [4.78, 5) is 11.6. The molecule has 0 aromatic rings. The summed E-state index contributed by atoms with van der Waals surface area (Å²) in [7, 11) is -3.35. The quantitative estimate of drug-likeness (QED) is 0.815. The van der Waals surface area contributed by atoms with E-state index in [1.165, 1.54) is 4.31 Å². The van der Waals surface area contributed by atoms with Crippen LogP contribution in [0.1, 0.15) is 32.1 Å². The van der Waals surface area contributed by atoms with E-state index in [0.717, 1.165) is 25.9 Å². The molecule has 3 atom stereocenters. The largest absolute Gasteiger partial charge is 0.481 e. The van der Waals surface area contributed by atoms with Crippen molar-refractivity contribution in [3.8, 4) is 0 Å². The van der Waals surface area contributed by atoms with E-state index < -0.39 is 21.4 Å². The Labute approximate surface area is 125 Å². The third-order valence-electron chi connectivity index (χ3n) is 5.47. The van der Waals surface area contributed by atoms with Gasteiger partial charge in [-0.15, -0.1) is 0 Å². The van der Waals surface area contributed by atoms with E-state index in [1.807, 2.05) is 0 Å². The molecule has 3 fully saturated rings. The Bertz CT molecular complexity index is 513. The summed E-state index contributed by atoms with van der Waals surface area (Å²) in [6.45, 7) is 1.92. The fraction of sp³-hybridized carbons (Fsp3) is 0.929. The predicted octanol–water partition coefficient (Wildman–Crippen LogP) is 0.929. The second kappa shape index (κ2) is 5.52. The van der Waals surface area contributed by atoms with Crippen LogP contribution >= 0.6 is 0 Å².